The average molecular weight is 415 g/mol. The maximum Gasteiger partial charge on any atom is 0.326 e. The second kappa shape index (κ2) is 9.77. The van der Waals surface area contributed by atoms with Gasteiger partial charge in [-0.3, -0.25) is 4.79 Å². The molecule has 3 N–H and O–H groups in total. The minimum atomic E-state index is -0.924. The van der Waals surface area contributed by atoms with E-state index >= 15 is 0 Å². The number of amides is 1. The Labute approximate surface area is 178 Å². The largest absolute Gasteiger partial charge is 0.480 e. The van der Waals surface area contributed by atoms with Crippen molar-refractivity contribution in [2.24, 2.45) is 5.92 Å². The molecule has 0 spiro atoms. The lowest BCUT2D eigenvalue weighted by molar-refractivity contribution is -0.142. The molecule has 3 aliphatic rings. The van der Waals surface area contributed by atoms with Crippen molar-refractivity contribution in [1.82, 2.24) is 15.2 Å². The summed E-state index contributed by atoms with van der Waals surface area (Å²) >= 11 is 0. The van der Waals surface area contributed by atoms with Crippen molar-refractivity contribution in [3.05, 3.63) is 23.4 Å². The molecule has 30 heavy (non-hydrogen) atoms. The zero-order chi connectivity index (χ0) is 20.9. The third-order valence-corrected chi connectivity index (χ3v) is 6.41. The number of nitrogens with zero attached hydrogens (tertiary/aromatic N) is 2. The quantitative estimate of drug-likeness (QED) is 0.455. The number of nitrogens with one attached hydrogen (secondary N) is 2. The summed E-state index contributed by atoms with van der Waals surface area (Å²) in [5.41, 5.74) is 2.47. The topological polar surface area (TPSA) is 94.6 Å². The van der Waals surface area contributed by atoms with Crippen LogP contribution in [0.5, 0.6) is 0 Å². The summed E-state index contributed by atoms with van der Waals surface area (Å²) in [6.45, 7) is 2.72. The molecule has 2 heterocycles. The molecule has 1 aromatic heterocycles. The van der Waals surface area contributed by atoms with Crippen LogP contribution in [0.3, 0.4) is 0 Å². The van der Waals surface area contributed by atoms with Crippen LogP contribution in [0.25, 0.3) is 0 Å². The fourth-order valence-corrected chi connectivity index (χ4v) is 4.23. The van der Waals surface area contributed by atoms with Crippen LogP contribution < -0.4 is 10.6 Å². The first-order valence-corrected chi connectivity index (χ1v) is 11.6. The Kier molecular flexibility index (Phi) is 6.87. The van der Waals surface area contributed by atoms with Gasteiger partial charge in [-0.1, -0.05) is 6.07 Å². The van der Waals surface area contributed by atoms with E-state index in [9.17, 15) is 14.7 Å². The first kappa shape index (κ1) is 21.1. The summed E-state index contributed by atoms with van der Waals surface area (Å²) in [7, 11) is 0. The number of pyridine rings is 1. The van der Waals surface area contributed by atoms with Crippen LogP contribution in [0.2, 0.25) is 0 Å². The van der Waals surface area contributed by atoms with Gasteiger partial charge in [0.1, 0.15) is 11.9 Å². The van der Waals surface area contributed by atoms with Crippen molar-refractivity contribution in [3.63, 3.8) is 0 Å². The molecule has 2 fully saturated rings. The van der Waals surface area contributed by atoms with E-state index in [1.807, 2.05) is 0 Å². The molecule has 0 saturated heterocycles. The Hall–Kier alpha value is -2.15. The van der Waals surface area contributed by atoms with Crippen LogP contribution in [0.1, 0.15) is 62.6 Å². The predicted molar refractivity (Wildman–Crippen MR) is 115 cm³/mol. The van der Waals surface area contributed by atoms with E-state index < -0.39 is 12.0 Å². The summed E-state index contributed by atoms with van der Waals surface area (Å²) in [6, 6.07) is 4.18. The number of carboxylic acids is 1. The highest BCUT2D eigenvalue weighted by Crippen LogP contribution is 2.30. The minimum absolute atomic E-state index is 0.0405. The van der Waals surface area contributed by atoms with Crippen LogP contribution in [0.15, 0.2) is 12.1 Å². The van der Waals surface area contributed by atoms with Crippen molar-refractivity contribution >= 4 is 17.7 Å². The van der Waals surface area contributed by atoms with Crippen LogP contribution in [0.4, 0.5) is 5.82 Å². The van der Waals surface area contributed by atoms with Gasteiger partial charge in [-0.15, -0.1) is 0 Å². The molecule has 164 valence electrons. The van der Waals surface area contributed by atoms with Gasteiger partial charge < -0.3 is 20.6 Å². The summed E-state index contributed by atoms with van der Waals surface area (Å²) in [5, 5.41) is 15.6. The van der Waals surface area contributed by atoms with Gasteiger partial charge in [0, 0.05) is 30.7 Å². The lowest BCUT2D eigenvalue weighted by Gasteiger charge is -2.24. The molecule has 1 aliphatic heterocycles. The Morgan fingerprint density at radius 2 is 2.03 bits per heavy atom. The second-order valence-electron chi connectivity index (χ2n) is 9.03. The molecule has 1 amide bonds. The van der Waals surface area contributed by atoms with E-state index in [4.69, 9.17) is 4.98 Å². The molecular weight excluding hydrogens is 380 g/mol. The van der Waals surface area contributed by atoms with Crippen LogP contribution >= 0.6 is 0 Å². The van der Waals surface area contributed by atoms with E-state index in [-0.39, 0.29) is 11.8 Å². The standard InChI is InChI=1S/C23H34N4O3/c28-22(17-6-7-17)26-20(23(29)30)12-15-27(19-10-11-19)14-2-1-5-18-9-8-16-4-3-13-24-21(16)25-18/h8-9,17,19-20H,1-7,10-15H2,(H,24,25)(H,26,28)(H,29,30). The lowest BCUT2D eigenvalue weighted by atomic mass is 10.1. The Morgan fingerprint density at radius 1 is 1.20 bits per heavy atom. The fourth-order valence-electron chi connectivity index (χ4n) is 4.23. The average Bonchev–Trinajstić information content (AvgIpc) is 3.64. The van der Waals surface area contributed by atoms with Gasteiger partial charge >= 0.3 is 5.97 Å². The number of fused-ring (bicyclic) bond motifs is 1. The fraction of sp³-hybridized carbons (Fsp3) is 0.696. The molecule has 1 atom stereocenters. The molecule has 1 unspecified atom stereocenters. The zero-order valence-corrected chi connectivity index (χ0v) is 17.7. The van der Waals surface area contributed by atoms with Crippen molar-refractivity contribution in [1.29, 1.82) is 0 Å². The number of aliphatic carboxylic acids is 1. The van der Waals surface area contributed by atoms with Crippen molar-refractivity contribution in [3.8, 4) is 0 Å². The van der Waals surface area contributed by atoms with E-state index in [1.54, 1.807) is 0 Å². The number of aryl methyl sites for hydroxylation is 2. The number of aromatic nitrogens is 1. The predicted octanol–water partition coefficient (Wildman–Crippen LogP) is 2.60. The highest BCUT2D eigenvalue weighted by Gasteiger charge is 2.34. The Morgan fingerprint density at radius 3 is 2.77 bits per heavy atom. The molecule has 2 aliphatic carbocycles. The second-order valence-corrected chi connectivity index (χ2v) is 9.03. The maximum atomic E-state index is 11.9. The highest BCUT2D eigenvalue weighted by atomic mass is 16.4. The summed E-state index contributed by atoms with van der Waals surface area (Å²) in [5.74, 6) is 0.0874. The van der Waals surface area contributed by atoms with E-state index in [2.05, 4.69) is 27.7 Å². The number of carbonyl (C=O) groups is 2. The first-order chi connectivity index (χ1) is 14.6. The van der Waals surface area contributed by atoms with Gasteiger partial charge in [0.15, 0.2) is 0 Å². The van der Waals surface area contributed by atoms with Gasteiger partial charge in [0.2, 0.25) is 5.91 Å². The third kappa shape index (κ3) is 5.94. The Balaban J connectivity index is 1.20. The van der Waals surface area contributed by atoms with Gasteiger partial charge in [-0.2, -0.15) is 0 Å². The monoisotopic (exact) mass is 414 g/mol. The SMILES string of the molecule is O=C(NC(CCN(CCCCc1ccc2c(n1)NCCC2)C1CC1)C(=O)O)C1CC1. The number of rotatable bonds is 12. The van der Waals surface area contributed by atoms with Crippen molar-refractivity contribution < 1.29 is 14.7 Å². The summed E-state index contributed by atoms with van der Waals surface area (Å²) in [4.78, 5) is 30.7. The molecule has 0 radical (unpaired) electrons. The number of unbranched alkanes of at least 4 members (excludes halogenated alkanes) is 1. The number of anilines is 1. The van der Waals surface area contributed by atoms with Gasteiger partial charge in [-0.25, -0.2) is 9.78 Å². The van der Waals surface area contributed by atoms with Gasteiger partial charge in [0.25, 0.3) is 0 Å². The number of carbonyl (C=O) groups excluding carboxylic acids is 1. The zero-order valence-electron chi connectivity index (χ0n) is 17.7. The summed E-state index contributed by atoms with van der Waals surface area (Å²) in [6.07, 6.45) is 10.1. The highest BCUT2D eigenvalue weighted by molar-refractivity contribution is 5.86. The third-order valence-electron chi connectivity index (χ3n) is 6.41. The molecule has 2 saturated carbocycles. The smallest absolute Gasteiger partial charge is 0.326 e. The van der Waals surface area contributed by atoms with E-state index in [1.165, 1.54) is 24.8 Å². The minimum Gasteiger partial charge on any atom is -0.480 e. The summed E-state index contributed by atoms with van der Waals surface area (Å²) < 4.78 is 0. The number of hydrogen-bond acceptors (Lipinski definition) is 5. The first-order valence-electron chi connectivity index (χ1n) is 11.6. The molecule has 4 rings (SSSR count). The van der Waals surface area contributed by atoms with E-state index in [0.29, 0.717) is 12.5 Å². The van der Waals surface area contributed by atoms with Crippen molar-refractivity contribution in [2.75, 3.05) is 25.0 Å². The van der Waals surface area contributed by atoms with Gasteiger partial charge in [-0.05, 0) is 82.4 Å². The molecule has 7 heteroatoms. The molecular formula is C23H34N4O3. The Bertz CT molecular complexity index is 761. The van der Waals surface area contributed by atoms with Crippen LogP contribution in [-0.2, 0) is 22.4 Å². The normalized spacial score (nSPS) is 19.1. The molecule has 0 aromatic carbocycles. The number of carboxylic acid groups (broad SMARTS) is 1. The molecule has 0 bridgehead atoms. The van der Waals surface area contributed by atoms with Gasteiger partial charge in [0.05, 0.1) is 0 Å². The van der Waals surface area contributed by atoms with Crippen molar-refractivity contribution in [2.45, 2.75) is 76.3 Å². The van der Waals surface area contributed by atoms with Crippen LogP contribution in [0, 0.1) is 5.92 Å². The molecule has 1 aromatic rings. The lowest BCUT2D eigenvalue weighted by Crippen LogP contribution is -2.44. The maximum absolute atomic E-state index is 11.9. The number of hydrogen-bond donors (Lipinski definition) is 3. The van der Waals surface area contributed by atoms with Crippen LogP contribution in [-0.4, -0.2) is 58.6 Å². The van der Waals surface area contributed by atoms with E-state index in [0.717, 1.165) is 69.7 Å². The molecule has 7 nitrogen and oxygen atoms in total.